The molecule has 2 heterocycles. The van der Waals surface area contributed by atoms with Crippen molar-refractivity contribution in [2.24, 2.45) is 0 Å². The molecule has 2 aliphatic rings. The van der Waals surface area contributed by atoms with Gasteiger partial charge in [0.25, 0.3) is 0 Å². The number of ether oxygens (including phenoxy) is 1. The molecule has 2 saturated heterocycles. The summed E-state index contributed by atoms with van der Waals surface area (Å²) in [5.41, 5.74) is 0.430. The van der Waals surface area contributed by atoms with Gasteiger partial charge in [0, 0.05) is 30.8 Å². The molecule has 2 fully saturated rings. The SMILES string of the molecule is C=C/C=C1/OC(CCC(=O)N2CCS(=O)(=O)CC2)[C@@H](C)N(S(=O)[O-])/C1=C/C. The van der Waals surface area contributed by atoms with Crippen molar-refractivity contribution in [3.05, 3.63) is 36.3 Å². The summed E-state index contributed by atoms with van der Waals surface area (Å²) < 4.78 is 53.6. The highest BCUT2D eigenvalue weighted by Crippen LogP contribution is 2.32. The van der Waals surface area contributed by atoms with Crippen molar-refractivity contribution >= 4 is 27.0 Å². The van der Waals surface area contributed by atoms with E-state index >= 15 is 0 Å². The van der Waals surface area contributed by atoms with E-state index in [0.29, 0.717) is 17.9 Å². The van der Waals surface area contributed by atoms with E-state index in [4.69, 9.17) is 4.74 Å². The minimum absolute atomic E-state index is 0.0190. The molecule has 0 N–H and O–H groups in total. The fraction of sp³-hybridized carbons (Fsp3) is 0.588. The molecule has 10 heteroatoms. The Labute approximate surface area is 162 Å². The number of sulfone groups is 1. The number of hydrogen-bond acceptors (Lipinski definition) is 6. The first-order valence-corrected chi connectivity index (χ1v) is 11.6. The molecule has 152 valence electrons. The van der Waals surface area contributed by atoms with Crippen molar-refractivity contribution < 1.29 is 26.7 Å². The van der Waals surface area contributed by atoms with Crippen LogP contribution in [0.25, 0.3) is 0 Å². The second-order valence-electron chi connectivity index (χ2n) is 6.45. The molecule has 0 bridgehead atoms. The Hall–Kier alpha value is -1.65. The van der Waals surface area contributed by atoms with Gasteiger partial charge in [-0.2, -0.15) is 0 Å². The Kier molecular flexibility index (Phi) is 7.24. The Bertz CT molecular complexity index is 760. The molecule has 27 heavy (non-hydrogen) atoms. The fourth-order valence-electron chi connectivity index (χ4n) is 3.20. The predicted octanol–water partition coefficient (Wildman–Crippen LogP) is 0.881. The van der Waals surface area contributed by atoms with Crippen molar-refractivity contribution in [3.63, 3.8) is 0 Å². The lowest BCUT2D eigenvalue weighted by atomic mass is 10.0. The van der Waals surface area contributed by atoms with Crippen molar-refractivity contribution in [2.45, 2.75) is 38.8 Å². The lowest BCUT2D eigenvalue weighted by molar-refractivity contribution is -0.131. The third-order valence-electron chi connectivity index (χ3n) is 4.72. The summed E-state index contributed by atoms with van der Waals surface area (Å²) in [4.78, 5) is 13.9. The maximum absolute atomic E-state index is 12.4. The molecule has 0 saturated carbocycles. The number of allylic oxidation sites excluding steroid dienone is 3. The largest absolute Gasteiger partial charge is 0.755 e. The number of amides is 1. The Morgan fingerprint density at radius 2 is 2.04 bits per heavy atom. The van der Waals surface area contributed by atoms with Crippen LogP contribution in [0.2, 0.25) is 0 Å². The van der Waals surface area contributed by atoms with Crippen molar-refractivity contribution in [2.75, 3.05) is 24.6 Å². The number of carbonyl (C=O) groups is 1. The van der Waals surface area contributed by atoms with Crippen LogP contribution in [0.4, 0.5) is 0 Å². The molecule has 3 atom stereocenters. The minimum atomic E-state index is -3.05. The van der Waals surface area contributed by atoms with E-state index in [1.165, 1.54) is 15.3 Å². The monoisotopic (exact) mass is 417 g/mol. The zero-order valence-electron chi connectivity index (χ0n) is 15.5. The average Bonchev–Trinajstić information content (AvgIpc) is 2.60. The van der Waals surface area contributed by atoms with Crippen LogP contribution in [0.1, 0.15) is 26.7 Å². The fourth-order valence-corrected chi connectivity index (χ4v) is 5.17. The highest BCUT2D eigenvalue weighted by molar-refractivity contribution is 7.91. The van der Waals surface area contributed by atoms with Gasteiger partial charge in [0.1, 0.15) is 11.9 Å². The molecule has 0 aromatic carbocycles. The summed E-state index contributed by atoms with van der Waals surface area (Å²) in [6.45, 7) is 7.46. The van der Waals surface area contributed by atoms with Gasteiger partial charge >= 0.3 is 0 Å². The Balaban J connectivity index is 2.06. The number of morpholine rings is 1. The summed E-state index contributed by atoms with van der Waals surface area (Å²) in [5.74, 6) is 0.196. The first kappa shape index (κ1) is 21.6. The highest BCUT2D eigenvalue weighted by Gasteiger charge is 2.36. The molecular weight excluding hydrogens is 392 g/mol. The van der Waals surface area contributed by atoms with Crippen LogP contribution in [0.5, 0.6) is 0 Å². The first-order valence-electron chi connectivity index (χ1n) is 8.73. The third-order valence-corrected chi connectivity index (χ3v) is 7.18. The van der Waals surface area contributed by atoms with Crippen LogP contribution in [0.3, 0.4) is 0 Å². The Morgan fingerprint density at radius 3 is 2.56 bits per heavy atom. The minimum Gasteiger partial charge on any atom is -0.755 e. The molecule has 0 spiro atoms. The standard InChI is InChI=1S/C17H26N2O6S2/c1-4-6-16-14(5-2)19(26(21)22)13(3)15(25-16)7-8-17(20)18-9-11-27(23,24)12-10-18/h4-6,13,15H,1,7-12H2,2-3H3,(H,21,22)/p-1/b14-5+,16-6+/t13-,15?/m1/s1. The van der Waals surface area contributed by atoms with Crippen molar-refractivity contribution in [1.82, 2.24) is 9.21 Å². The lowest BCUT2D eigenvalue weighted by Gasteiger charge is -2.44. The van der Waals surface area contributed by atoms with Gasteiger partial charge < -0.3 is 14.2 Å². The summed E-state index contributed by atoms with van der Waals surface area (Å²) in [7, 11) is -3.05. The highest BCUT2D eigenvalue weighted by atomic mass is 32.2. The smallest absolute Gasteiger partial charge is 0.222 e. The molecule has 0 aromatic rings. The maximum Gasteiger partial charge on any atom is 0.222 e. The first-order chi connectivity index (χ1) is 12.7. The molecule has 2 aliphatic heterocycles. The number of rotatable bonds is 5. The van der Waals surface area contributed by atoms with Crippen molar-refractivity contribution in [1.29, 1.82) is 0 Å². The van der Waals surface area contributed by atoms with Crippen LogP contribution in [0.15, 0.2) is 36.3 Å². The number of carbonyl (C=O) groups excluding carboxylic acids is 1. The van der Waals surface area contributed by atoms with Crippen LogP contribution in [0, 0.1) is 0 Å². The second-order valence-corrected chi connectivity index (χ2v) is 9.58. The molecule has 1 amide bonds. The number of hydrogen-bond donors (Lipinski definition) is 0. The number of nitrogens with zero attached hydrogens (tertiary/aromatic N) is 2. The third kappa shape index (κ3) is 5.20. The normalized spacial score (nSPS) is 29.4. The van der Waals surface area contributed by atoms with E-state index in [2.05, 4.69) is 6.58 Å². The van der Waals surface area contributed by atoms with E-state index in [-0.39, 0.29) is 36.9 Å². The van der Waals surface area contributed by atoms with Gasteiger partial charge in [0.15, 0.2) is 9.84 Å². The zero-order valence-corrected chi connectivity index (χ0v) is 17.1. The van der Waals surface area contributed by atoms with E-state index in [1.54, 1.807) is 26.0 Å². The van der Waals surface area contributed by atoms with Gasteiger partial charge in [0.05, 0.1) is 23.2 Å². The molecule has 0 radical (unpaired) electrons. The summed E-state index contributed by atoms with van der Waals surface area (Å²) in [6.07, 6.45) is 4.72. The van der Waals surface area contributed by atoms with Gasteiger partial charge in [-0.1, -0.05) is 18.7 Å². The average molecular weight is 418 g/mol. The van der Waals surface area contributed by atoms with Crippen LogP contribution in [-0.2, 0) is 30.6 Å². The molecular formula is C17H25N2O6S2-. The van der Waals surface area contributed by atoms with Gasteiger partial charge in [-0.3, -0.25) is 13.3 Å². The second kappa shape index (κ2) is 9.03. The van der Waals surface area contributed by atoms with E-state index in [9.17, 15) is 22.0 Å². The quantitative estimate of drug-likeness (QED) is 0.615. The van der Waals surface area contributed by atoms with E-state index in [0.717, 1.165) is 0 Å². The maximum atomic E-state index is 12.4. The summed E-state index contributed by atoms with van der Waals surface area (Å²) in [5, 5.41) is 0. The van der Waals surface area contributed by atoms with Crippen LogP contribution >= 0.6 is 0 Å². The summed E-state index contributed by atoms with van der Waals surface area (Å²) >= 11 is -2.49. The lowest BCUT2D eigenvalue weighted by Crippen LogP contribution is -2.49. The molecule has 0 aliphatic carbocycles. The van der Waals surface area contributed by atoms with E-state index < -0.39 is 33.2 Å². The molecule has 0 aromatic heterocycles. The predicted molar refractivity (Wildman–Crippen MR) is 102 cm³/mol. The molecule has 2 rings (SSSR count). The molecule has 8 nitrogen and oxygen atoms in total. The summed E-state index contributed by atoms with van der Waals surface area (Å²) in [6, 6.07) is -0.481. The van der Waals surface area contributed by atoms with Gasteiger partial charge in [0.2, 0.25) is 5.91 Å². The molecule has 2 unspecified atom stereocenters. The Morgan fingerprint density at radius 1 is 1.41 bits per heavy atom. The topological polar surface area (TPSA) is 107 Å². The van der Waals surface area contributed by atoms with Crippen molar-refractivity contribution in [3.8, 4) is 0 Å². The van der Waals surface area contributed by atoms with Gasteiger partial charge in [-0.25, -0.2) is 8.42 Å². The van der Waals surface area contributed by atoms with Crippen LogP contribution in [-0.4, -0.2) is 69.0 Å². The van der Waals surface area contributed by atoms with Crippen LogP contribution < -0.4 is 0 Å². The van der Waals surface area contributed by atoms with Gasteiger partial charge in [-0.15, -0.1) is 0 Å². The zero-order chi connectivity index (χ0) is 20.2. The van der Waals surface area contributed by atoms with E-state index in [1.807, 2.05) is 0 Å². The van der Waals surface area contributed by atoms with Gasteiger partial charge in [-0.05, 0) is 26.3 Å².